The highest BCUT2D eigenvalue weighted by Gasteiger charge is 2.35. The number of fused-ring (bicyclic) bond motifs is 4. The van der Waals surface area contributed by atoms with E-state index in [1.165, 1.54) is 33.0 Å². The fourth-order valence-electron chi connectivity index (χ4n) is 7.06. The van der Waals surface area contributed by atoms with Gasteiger partial charge in [0.1, 0.15) is 0 Å². The minimum absolute atomic E-state index is 0.0800. The lowest BCUT2D eigenvalue weighted by Crippen LogP contribution is -2.16. The Balaban J connectivity index is 1.27. The molecule has 3 heteroatoms. The first-order valence-corrected chi connectivity index (χ1v) is 16.5. The van der Waals surface area contributed by atoms with Crippen LogP contribution >= 0.6 is 15.9 Å². The van der Waals surface area contributed by atoms with E-state index in [9.17, 15) is 0 Å². The van der Waals surface area contributed by atoms with Crippen LogP contribution in [0.15, 0.2) is 168 Å². The fourth-order valence-corrected chi connectivity index (χ4v) is 7.60. The molecule has 1 aliphatic rings. The number of rotatable bonds is 6. The summed E-state index contributed by atoms with van der Waals surface area (Å²) in [5.41, 5.74) is 12.0. The molecule has 0 saturated heterocycles. The van der Waals surface area contributed by atoms with Crippen molar-refractivity contribution in [3.05, 3.63) is 179 Å². The van der Waals surface area contributed by atoms with Gasteiger partial charge in [-0.05, 0) is 104 Å². The molecule has 0 N–H and O–H groups in total. The van der Waals surface area contributed by atoms with Crippen LogP contribution in [-0.4, -0.2) is 0 Å². The average Bonchev–Trinajstić information content (AvgIpc) is 3.33. The first-order valence-electron chi connectivity index (χ1n) is 15.7. The molecule has 0 aliphatic heterocycles. The number of benzene rings is 7. The molecule has 0 spiro atoms. The maximum atomic E-state index is 4.04. The molecule has 7 aromatic carbocycles. The van der Waals surface area contributed by atoms with Gasteiger partial charge in [-0.15, -0.1) is 0 Å². The highest BCUT2D eigenvalue weighted by Crippen LogP contribution is 2.51. The second-order valence-electron chi connectivity index (χ2n) is 12.4. The monoisotopic (exact) mass is 656 g/mol. The molecule has 1 aliphatic carbocycles. The van der Waals surface area contributed by atoms with Crippen LogP contribution in [0.1, 0.15) is 25.0 Å². The Hall–Kier alpha value is -5.12. The summed E-state index contributed by atoms with van der Waals surface area (Å²) in [4.78, 5) is 4.71. The van der Waals surface area contributed by atoms with E-state index >= 15 is 0 Å². The molecule has 0 radical (unpaired) electrons. The van der Waals surface area contributed by atoms with Gasteiger partial charge in [0.25, 0.3) is 0 Å². The number of hydrogen-bond acceptors (Lipinski definition) is 2. The summed E-state index contributed by atoms with van der Waals surface area (Å²) >= 11 is 4.04. The summed E-state index contributed by atoms with van der Waals surface area (Å²) in [6, 6.07) is 58.8. The zero-order valence-corrected chi connectivity index (χ0v) is 27.4. The molecular formula is C43H33BrN2. The molecule has 0 atom stereocenters. The van der Waals surface area contributed by atoms with E-state index in [4.69, 9.17) is 0 Å². The topological polar surface area (TPSA) is 6.48 Å². The lowest BCUT2D eigenvalue weighted by Gasteiger charge is -2.30. The van der Waals surface area contributed by atoms with Gasteiger partial charge < -0.3 is 9.80 Å². The normalized spacial score (nSPS) is 12.8. The molecule has 46 heavy (non-hydrogen) atoms. The minimum Gasteiger partial charge on any atom is -0.310 e. The van der Waals surface area contributed by atoms with Crippen molar-refractivity contribution in [1.29, 1.82) is 0 Å². The van der Waals surface area contributed by atoms with Crippen LogP contribution in [0.2, 0.25) is 0 Å². The minimum atomic E-state index is -0.0800. The van der Waals surface area contributed by atoms with Gasteiger partial charge in [-0.2, -0.15) is 0 Å². The van der Waals surface area contributed by atoms with Gasteiger partial charge >= 0.3 is 0 Å². The van der Waals surface area contributed by atoms with Crippen molar-refractivity contribution in [3.63, 3.8) is 0 Å². The van der Waals surface area contributed by atoms with Gasteiger partial charge in [-0.1, -0.05) is 117 Å². The smallest absolute Gasteiger partial charge is 0.0605 e. The quantitative estimate of drug-likeness (QED) is 0.176. The summed E-state index contributed by atoms with van der Waals surface area (Å²) in [6.07, 6.45) is 0. The molecule has 0 bridgehead atoms. The highest BCUT2D eigenvalue weighted by atomic mass is 79.9. The van der Waals surface area contributed by atoms with Crippen LogP contribution < -0.4 is 9.80 Å². The van der Waals surface area contributed by atoms with Gasteiger partial charge in [0.15, 0.2) is 0 Å². The van der Waals surface area contributed by atoms with Crippen LogP contribution in [0.3, 0.4) is 0 Å². The van der Waals surface area contributed by atoms with Gasteiger partial charge in [-0.3, -0.25) is 0 Å². The van der Waals surface area contributed by atoms with Crippen molar-refractivity contribution in [1.82, 2.24) is 0 Å². The highest BCUT2D eigenvalue weighted by molar-refractivity contribution is 9.10. The lowest BCUT2D eigenvalue weighted by atomic mass is 9.82. The van der Waals surface area contributed by atoms with Crippen molar-refractivity contribution < 1.29 is 0 Å². The number of hydrogen-bond donors (Lipinski definition) is 0. The summed E-state index contributed by atoms with van der Waals surface area (Å²) in [6.45, 7) is 4.68. The van der Waals surface area contributed by atoms with E-state index in [0.29, 0.717) is 0 Å². The second kappa shape index (κ2) is 11.3. The van der Waals surface area contributed by atoms with Crippen molar-refractivity contribution >= 4 is 60.8 Å². The molecule has 0 unspecified atom stereocenters. The Kier molecular flexibility index (Phi) is 7.00. The van der Waals surface area contributed by atoms with Crippen LogP contribution in [0, 0.1) is 0 Å². The third-order valence-electron chi connectivity index (χ3n) is 9.29. The molecule has 0 aromatic heterocycles. The largest absolute Gasteiger partial charge is 0.310 e. The molecule has 0 saturated carbocycles. The second-order valence-corrected chi connectivity index (χ2v) is 13.2. The Morgan fingerprint density at radius 1 is 0.435 bits per heavy atom. The average molecular weight is 658 g/mol. The van der Waals surface area contributed by atoms with E-state index < -0.39 is 0 Å². The zero-order valence-electron chi connectivity index (χ0n) is 25.9. The predicted octanol–water partition coefficient (Wildman–Crippen LogP) is 12.8. The van der Waals surface area contributed by atoms with Crippen molar-refractivity contribution in [3.8, 4) is 11.1 Å². The SMILES string of the molecule is CC1(C)c2ccccc2-c2ccc(N(c3ccccc3)c3ccc(N(c4ccccc4)c4cccc5ccccc45)c(Br)c3)cc21. The van der Waals surface area contributed by atoms with E-state index in [-0.39, 0.29) is 5.41 Å². The van der Waals surface area contributed by atoms with Crippen molar-refractivity contribution in [2.24, 2.45) is 0 Å². The number of para-hydroxylation sites is 2. The van der Waals surface area contributed by atoms with E-state index in [1.807, 2.05) is 0 Å². The Labute approximate surface area is 279 Å². The van der Waals surface area contributed by atoms with Crippen LogP contribution in [0.4, 0.5) is 34.1 Å². The lowest BCUT2D eigenvalue weighted by molar-refractivity contribution is 0.660. The van der Waals surface area contributed by atoms with Crippen LogP contribution in [-0.2, 0) is 5.41 Å². The van der Waals surface area contributed by atoms with Gasteiger partial charge in [0, 0.05) is 38.0 Å². The first kappa shape index (κ1) is 28.4. The predicted molar refractivity (Wildman–Crippen MR) is 199 cm³/mol. The third kappa shape index (κ3) is 4.71. The fraction of sp³-hybridized carbons (Fsp3) is 0.0698. The van der Waals surface area contributed by atoms with E-state index in [1.54, 1.807) is 0 Å². The number of nitrogens with zero attached hydrogens (tertiary/aromatic N) is 2. The molecule has 8 rings (SSSR count). The van der Waals surface area contributed by atoms with E-state index in [0.717, 1.165) is 38.6 Å². The summed E-state index contributed by atoms with van der Waals surface area (Å²) < 4.78 is 1.01. The van der Waals surface area contributed by atoms with Gasteiger partial charge in [-0.25, -0.2) is 0 Å². The maximum Gasteiger partial charge on any atom is 0.0605 e. The standard InChI is InChI=1S/C43H33BrN2/c1-43(2)38-22-12-11-21-36(38)37-26-24-33(28-39(37)43)45(31-16-5-3-6-17-31)34-25-27-42(40(44)29-34)46(32-18-7-4-8-19-32)41-23-13-15-30-14-9-10-20-35(30)41/h3-29H,1-2H3. The van der Waals surface area contributed by atoms with Crippen LogP contribution in [0.5, 0.6) is 0 Å². The molecular weight excluding hydrogens is 624 g/mol. The Morgan fingerprint density at radius 2 is 1.02 bits per heavy atom. The Bertz CT molecular complexity index is 2200. The molecule has 0 amide bonds. The van der Waals surface area contributed by atoms with E-state index in [2.05, 4.69) is 203 Å². The molecule has 0 fully saturated rings. The maximum absolute atomic E-state index is 4.04. The molecule has 7 aromatic rings. The molecule has 0 heterocycles. The van der Waals surface area contributed by atoms with Crippen molar-refractivity contribution in [2.75, 3.05) is 9.80 Å². The van der Waals surface area contributed by atoms with Crippen molar-refractivity contribution in [2.45, 2.75) is 19.3 Å². The number of halogens is 1. The molecule has 222 valence electrons. The van der Waals surface area contributed by atoms with Gasteiger partial charge in [0.05, 0.1) is 11.4 Å². The third-order valence-corrected chi connectivity index (χ3v) is 9.93. The first-order chi connectivity index (χ1) is 22.5. The summed E-state index contributed by atoms with van der Waals surface area (Å²) in [5, 5.41) is 2.42. The van der Waals surface area contributed by atoms with Crippen LogP contribution in [0.25, 0.3) is 21.9 Å². The summed E-state index contributed by atoms with van der Waals surface area (Å²) in [7, 11) is 0. The zero-order chi connectivity index (χ0) is 31.3. The van der Waals surface area contributed by atoms with Gasteiger partial charge in [0.2, 0.25) is 0 Å². The Morgan fingerprint density at radius 3 is 1.78 bits per heavy atom. The number of anilines is 6. The molecule has 2 nitrogen and oxygen atoms in total. The summed E-state index contributed by atoms with van der Waals surface area (Å²) in [5.74, 6) is 0.